The van der Waals surface area contributed by atoms with E-state index in [2.05, 4.69) is 19.2 Å². The number of rotatable bonds is 6. The number of nitrogens with zero attached hydrogens (tertiary/aromatic N) is 1. The molecule has 1 N–H and O–H groups in total. The highest BCUT2D eigenvalue weighted by atomic mass is 35.5. The van der Waals surface area contributed by atoms with Crippen molar-refractivity contribution in [2.24, 2.45) is 5.92 Å². The summed E-state index contributed by atoms with van der Waals surface area (Å²) in [7, 11) is -3.26. The summed E-state index contributed by atoms with van der Waals surface area (Å²) in [5.41, 5.74) is 0. The fourth-order valence-electron chi connectivity index (χ4n) is 2.52. The van der Waals surface area contributed by atoms with Gasteiger partial charge in [-0.25, -0.2) is 8.42 Å². The molecule has 0 spiro atoms. The van der Waals surface area contributed by atoms with Crippen LogP contribution in [0.5, 0.6) is 0 Å². The second-order valence-electron chi connectivity index (χ2n) is 5.23. The molecule has 1 aromatic heterocycles. The van der Waals surface area contributed by atoms with Gasteiger partial charge < -0.3 is 5.32 Å². The first-order valence-corrected chi connectivity index (χ1v) is 9.63. The van der Waals surface area contributed by atoms with E-state index in [1.807, 2.05) is 6.07 Å². The van der Waals surface area contributed by atoms with Crippen molar-refractivity contribution in [3.8, 4) is 0 Å². The first kappa shape index (κ1) is 18.9. The summed E-state index contributed by atoms with van der Waals surface area (Å²) in [5, 5.41) is 3.35. The van der Waals surface area contributed by atoms with E-state index in [0.29, 0.717) is 23.2 Å². The van der Waals surface area contributed by atoms with E-state index in [9.17, 15) is 8.42 Å². The topological polar surface area (TPSA) is 49.4 Å². The van der Waals surface area contributed by atoms with Crippen LogP contribution in [0.15, 0.2) is 16.3 Å². The third kappa shape index (κ3) is 4.66. The zero-order chi connectivity index (χ0) is 14.6. The van der Waals surface area contributed by atoms with Crippen LogP contribution in [0, 0.1) is 5.92 Å². The molecule has 0 aliphatic carbocycles. The summed E-state index contributed by atoms with van der Waals surface area (Å²) in [6, 6.07) is 3.68. The van der Waals surface area contributed by atoms with E-state index in [1.54, 1.807) is 10.4 Å². The van der Waals surface area contributed by atoms with E-state index in [4.69, 9.17) is 0 Å². The van der Waals surface area contributed by atoms with Crippen molar-refractivity contribution in [1.29, 1.82) is 0 Å². The molecule has 0 unspecified atom stereocenters. The molecule has 0 saturated carbocycles. The Kier molecular flexibility index (Phi) is 7.64. The number of piperidine rings is 1. The molecule has 2 heterocycles. The van der Waals surface area contributed by atoms with Gasteiger partial charge in [0.2, 0.25) is 0 Å². The van der Waals surface area contributed by atoms with Gasteiger partial charge in [0.1, 0.15) is 4.21 Å². The largest absolute Gasteiger partial charge is 0.317 e. The van der Waals surface area contributed by atoms with Gasteiger partial charge in [0.15, 0.2) is 0 Å². The predicted octanol–water partition coefficient (Wildman–Crippen LogP) is 2.74. The maximum atomic E-state index is 12.6. The van der Waals surface area contributed by atoms with Crippen molar-refractivity contribution in [3.63, 3.8) is 0 Å². The van der Waals surface area contributed by atoms with Crippen LogP contribution in [-0.4, -0.2) is 38.9 Å². The van der Waals surface area contributed by atoms with E-state index < -0.39 is 10.0 Å². The van der Waals surface area contributed by atoms with Gasteiger partial charge in [0.25, 0.3) is 10.0 Å². The fraction of sp³-hybridized carbons (Fsp3) is 0.714. The van der Waals surface area contributed by atoms with Crippen LogP contribution in [0.2, 0.25) is 0 Å². The average molecular weight is 353 g/mol. The lowest BCUT2D eigenvalue weighted by Gasteiger charge is -2.30. The first-order chi connectivity index (χ1) is 9.57. The Morgan fingerprint density at radius 2 is 1.95 bits per heavy atom. The molecule has 0 radical (unpaired) electrons. The van der Waals surface area contributed by atoms with Crippen LogP contribution >= 0.6 is 23.7 Å². The van der Waals surface area contributed by atoms with Crippen LogP contribution in [0.4, 0.5) is 0 Å². The Balaban J connectivity index is 0.00000220. The summed E-state index contributed by atoms with van der Waals surface area (Å²) in [6.45, 7) is 7.43. The minimum atomic E-state index is -3.26. The minimum absolute atomic E-state index is 0. The number of hydrogen-bond donors (Lipinski definition) is 1. The SMILES string of the molecule is CCNCC1CCN(S(=O)(=O)c2ccc(CC)s2)CC1.Cl. The lowest BCUT2D eigenvalue weighted by atomic mass is 9.98. The second-order valence-corrected chi connectivity index (χ2v) is 8.56. The van der Waals surface area contributed by atoms with Crippen molar-refractivity contribution in [2.45, 2.75) is 37.3 Å². The highest BCUT2D eigenvalue weighted by Crippen LogP contribution is 2.28. The quantitative estimate of drug-likeness (QED) is 0.856. The van der Waals surface area contributed by atoms with Crippen molar-refractivity contribution in [1.82, 2.24) is 9.62 Å². The number of hydrogen-bond acceptors (Lipinski definition) is 4. The monoisotopic (exact) mass is 352 g/mol. The van der Waals surface area contributed by atoms with Gasteiger partial charge in [-0.2, -0.15) is 4.31 Å². The Labute approximate surface area is 138 Å². The molecule has 1 fully saturated rings. The molecule has 2 rings (SSSR count). The molecule has 0 atom stereocenters. The van der Waals surface area contributed by atoms with Crippen LogP contribution < -0.4 is 5.32 Å². The smallest absolute Gasteiger partial charge is 0.252 e. The van der Waals surface area contributed by atoms with Crippen molar-refractivity contribution >= 4 is 33.8 Å². The summed E-state index contributed by atoms with van der Waals surface area (Å²) < 4.78 is 27.3. The molecule has 0 bridgehead atoms. The normalized spacial score (nSPS) is 17.6. The molecule has 0 aromatic carbocycles. The van der Waals surface area contributed by atoms with Gasteiger partial charge in [-0.05, 0) is 50.4 Å². The molecule has 7 heteroatoms. The minimum Gasteiger partial charge on any atom is -0.317 e. The first-order valence-electron chi connectivity index (χ1n) is 7.37. The van der Waals surface area contributed by atoms with Gasteiger partial charge in [0, 0.05) is 18.0 Å². The molecule has 0 amide bonds. The van der Waals surface area contributed by atoms with Crippen LogP contribution in [0.1, 0.15) is 31.6 Å². The third-order valence-corrected chi connectivity index (χ3v) is 7.43. The highest BCUT2D eigenvalue weighted by molar-refractivity contribution is 7.91. The van der Waals surface area contributed by atoms with Crippen LogP contribution in [-0.2, 0) is 16.4 Å². The maximum absolute atomic E-state index is 12.6. The molecular weight excluding hydrogens is 328 g/mol. The van der Waals surface area contributed by atoms with Crippen LogP contribution in [0.25, 0.3) is 0 Å². The van der Waals surface area contributed by atoms with E-state index in [-0.39, 0.29) is 12.4 Å². The molecule has 21 heavy (non-hydrogen) atoms. The number of aryl methyl sites for hydroxylation is 1. The number of thiophene rings is 1. The molecule has 122 valence electrons. The van der Waals surface area contributed by atoms with E-state index >= 15 is 0 Å². The van der Waals surface area contributed by atoms with E-state index in [1.165, 1.54) is 11.3 Å². The molecule has 1 saturated heterocycles. The molecule has 1 aromatic rings. The maximum Gasteiger partial charge on any atom is 0.252 e. The summed E-state index contributed by atoms with van der Waals surface area (Å²) >= 11 is 1.41. The Morgan fingerprint density at radius 1 is 1.29 bits per heavy atom. The van der Waals surface area contributed by atoms with E-state index in [0.717, 1.165) is 37.2 Å². The summed E-state index contributed by atoms with van der Waals surface area (Å²) in [5.74, 6) is 0.607. The van der Waals surface area contributed by atoms with Crippen molar-refractivity contribution in [3.05, 3.63) is 17.0 Å². The lowest BCUT2D eigenvalue weighted by Crippen LogP contribution is -2.40. The molecule has 4 nitrogen and oxygen atoms in total. The Morgan fingerprint density at radius 3 is 2.48 bits per heavy atom. The third-order valence-electron chi connectivity index (χ3n) is 3.84. The summed E-state index contributed by atoms with van der Waals surface area (Å²) in [6.07, 6.45) is 2.81. The van der Waals surface area contributed by atoms with Gasteiger partial charge in [-0.15, -0.1) is 23.7 Å². The average Bonchev–Trinajstić information content (AvgIpc) is 2.95. The highest BCUT2D eigenvalue weighted by Gasteiger charge is 2.30. The van der Waals surface area contributed by atoms with Crippen LogP contribution in [0.3, 0.4) is 0 Å². The number of nitrogens with one attached hydrogen (secondary N) is 1. The zero-order valence-electron chi connectivity index (χ0n) is 12.7. The van der Waals surface area contributed by atoms with Gasteiger partial charge in [-0.3, -0.25) is 0 Å². The van der Waals surface area contributed by atoms with Gasteiger partial charge >= 0.3 is 0 Å². The number of sulfonamides is 1. The number of halogens is 1. The Hall–Kier alpha value is -0.140. The summed E-state index contributed by atoms with van der Waals surface area (Å²) in [4.78, 5) is 1.13. The Bertz CT molecular complexity index is 523. The predicted molar refractivity (Wildman–Crippen MR) is 91.0 cm³/mol. The lowest BCUT2D eigenvalue weighted by molar-refractivity contribution is 0.269. The standard InChI is InChI=1S/C14H24N2O2S2.ClH/c1-3-13-5-6-14(19-13)20(17,18)16-9-7-12(8-10-16)11-15-4-2;/h5-6,12,15H,3-4,7-11H2,1-2H3;1H. The molecular formula is C14H25ClN2O2S2. The second kappa shape index (κ2) is 8.48. The van der Waals surface area contributed by atoms with Gasteiger partial charge in [-0.1, -0.05) is 13.8 Å². The fourth-order valence-corrected chi connectivity index (χ4v) is 5.44. The molecule has 1 aliphatic heterocycles. The van der Waals surface area contributed by atoms with Gasteiger partial charge in [0.05, 0.1) is 0 Å². The van der Waals surface area contributed by atoms with Crippen molar-refractivity contribution in [2.75, 3.05) is 26.2 Å². The molecule has 1 aliphatic rings. The van der Waals surface area contributed by atoms with Crippen molar-refractivity contribution < 1.29 is 8.42 Å². The zero-order valence-corrected chi connectivity index (χ0v) is 15.1.